The number of rotatable bonds is 4. The molecule has 0 spiro atoms. The molecule has 0 radical (unpaired) electrons. The second kappa shape index (κ2) is 8.49. The molecule has 2 aromatic rings. The maximum absolute atomic E-state index is 6.46. The first-order chi connectivity index (χ1) is 18.6. The van der Waals surface area contributed by atoms with Crippen molar-refractivity contribution in [2.75, 3.05) is 0 Å². The molecule has 8 rings (SSSR count). The van der Waals surface area contributed by atoms with Crippen molar-refractivity contribution in [2.45, 2.75) is 127 Å². The highest BCUT2D eigenvalue weighted by molar-refractivity contribution is 6.62. The van der Waals surface area contributed by atoms with Gasteiger partial charge in [0.2, 0.25) is 0 Å². The highest BCUT2D eigenvalue weighted by Crippen LogP contribution is 2.66. The summed E-state index contributed by atoms with van der Waals surface area (Å²) in [5.41, 5.74) is 4.38. The van der Waals surface area contributed by atoms with Crippen LogP contribution in [0.15, 0.2) is 48.5 Å². The zero-order valence-electron chi connectivity index (χ0n) is 25.8. The summed E-state index contributed by atoms with van der Waals surface area (Å²) in [4.78, 5) is 0. The van der Waals surface area contributed by atoms with Gasteiger partial charge in [-0.3, -0.25) is 0 Å². The second-order valence-electron chi connectivity index (χ2n) is 15.9. The van der Waals surface area contributed by atoms with Crippen molar-refractivity contribution in [1.82, 2.24) is 0 Å². The van der Waals surface area contributed by atoms with Crippen LogP contribution in [0.1, 0.15) is 105 Å². The summed E-state index contributed by atoms with van der Waals surface area (Å²) < 4.78 is 25.8. The van der Waals surface area contributed by atoms with Gasteiger partial charge in [0.1, 0.15) is 0 Å². The van der Waals surface area contributed by atoms with Gasteiger partial charge in [0, 0.05) is 0 Å². The molecule has 212 valence electrons. The van der Waals surface area contributed by atoms with Gasteiger partial charge in [0.25, 0.3) is 0 Å². The first kappa shape index (κ1) is 27.3. The minimum atomic E-state index is -0.333. The van der Waals surface area contributed by atoms with Crippen LogP contribution < -0.4 is 10.9 Å². The van der Waals surface area contributed by atoms with Crippen LogP contribution in [0.2, 0.25) is 0 Å². The van der Waals surface area contributed by atoms with Crippen molar-refractivity contribution in [3.63, 3.8) is 0 Å². The number of hydrogen-bond acceptors (Lipinski definition) is 4. The highest BCUT2D eigenvalue weighted by atomic mass is 16.7. The van der Waals surface area contributed by atoms with Gasteiger partial charge in [-0.2, -0.15) is 0 Å². The lowest BCUT2D eigenvalue weighted by atomic mass is 9.41. The zero-order valence-corrected chi connectivity index (χ0v) is 25.8. The Bertz CT molecular complexity index is 1190. The van der Waals surface area contributed by atoms with E-state index in [1.807, 2.05) is 0 Å². The SMILES string of the molecule is CC1(C)OB(c2cccc(C34CC5CC(C3)CC(c3cccc(B6OC(C)(C)C(C)(C)O6)c3)(C5)C4)c2)OC1(C)C. The van der Waals surface area contributed by atoms with E-state index in [0.717, 1.165) is 22.8 Å². The molecule has 4 bridgehead atoms. The van der Waals surface area contributed by atoms with E-state index in [4.69, 9.17) is 18.6 Å². The summed E-state index contributed by atoms with van der Waals surface area (Å²) >= 11 is 0. The fourth-order valence-electron chi connectivity index (χ4n) is 8.93. The van der Waals surface area contributed by atoms with E-state index in [9.17, 15) is 0 Å². The van der Waals surface area contributed by atoms with Crippen molar-refractivity contribution in [2.24, 2.45) is 11.8 Å². The summed E-state index contributed by atoms with van der Waals surface area (Å²) in [7, 11) is -0.631. The standard InChI is InChI=1S/C34H46B2O4/c1-29(2)30(3,4)38-35(37-29)27-13-9-11-25(16-27)33-18-23-15-24(19-33)21-34(20-23,22-33)26-12-10-14-28(17-26)36-39-31(5,6)32(7,8)40-36/h9-14,16-17,23-24H,15,18-22H2,1-8H3. The van der Waals surface area contributed by atoms with Gasteiger partial charge in [0.15, 0.2) is 0 Å². The summed E-state index contributed by atoms with van der Waals surface area (Å²) in [6.07, 6.45) is 7.80. The van der Waals surface area contributed by atoms with Gasteiger partial charge in [-0.25, -0.2) is 0 Å². The predicted octanol–water partition coefficient (Wildman–Crippen LogP) is 6.07. The Morgan fingerprint density at radius 1 is 0.550 bits per heavy atom. The lowest BCUT2D eigenvalue weighted by molar-refractivity contribution is -0.0280. The van der Waals surface area contributed by atoms with Crippen molar-refractivity contribution in [1.29, 1.82) is 0 Å². The van der Waals surface area contributed by atoms with Crippen LogP contribution >= 0.6 is 0 Å². The monoisotopic (exact) mass is 540 g/mol. The van der Waals surface area contributed by atoms with Crippen LogP contribution in [-0.4, -0.2) is 36.6 Å². The van der Waals surface area contributed by atoms with E-state index in [2.05, 4.69) is 104 Å². The fourth-order valence-corrected chi connectivity index (χ4v) is 8.93. The van der Waals surface area contributed by atoms with Gasteiger partial charge in [-0.15, -0.1) is 0 Å². The van der Waals surface area contributed by atoms with Crippen molar-refractivity contribution in [3.05, 3.63) is 59.7 Å². The van der Waals surface area contributed by atoms with Crippen molar-refractivity contribution < 1.29 is 18.6 Å². The Hall–Kier alpha value is -1.59. The molecule has 4 saturated carbocycles. The molecule has 0 amide bonds. The molecule has 2 saturated heterocycles. The topological polar surface area (TPSA) is 36.9 Å². The van der Waals surface area contributed by atoms with Gasteiger partial charge < -0.3 is 18.6 Å². The summed E-state index contributed by atoms with van der Waals surface area (Å²) in [6.45, 7) is 17.1. The average Bonchev–Trinajstić information content (AvgIpc) is 3.23. The Balaban J connectivity index is 1.21. The Labute approximate surface area is 242 Å². The normalized spacial score (nSPS) is 36.4. The minimum Gasteiger partial charge on any atom is -0.399 e. The minimum absolute atomic E-state index is 0.212. The van der Waals surface area contributed by atoms with E-state index < -0.39 is 0 Å². The average molecular weight is 540 g/mol. The molecule has 6 fully saturated rings. The molecule has 2 aliphatic heterocycles. The van der Waals surface area contributed by atoms with E-state index in [-0.39, 0.29) is 47.5 Å². The van der Waals surface area contributed by atoms with E-state index >= 15 is 0 Å². The fraction of sp³-hybridized carbons (Fsp3) is 0.647. The molecule has 0 N–H and O–H groups in total. The highest BCUT2D eigenvalue weighted by Gasteiger charge is 2.59. The largest absolute Gasteiger partial charge is 0.494 e. The molecule has 40 heavy (non-hydrogen) atoms. The van der Waals surface area contributed by atoms with Crippen molar-refractivity contribution in [3.8, 4) is 0 Å². The van der Waals surface area contributed by atoms with Crippen LogP contribution in [0.3, 0.4) is 0 Å². The smallest absolute Gasteiger partial charge is 0.399 e. The first-order valence-electron chi connectivity index (χ1n) is 15.6. The van der Waals surface area contributed by atoms with Crippen LogP contribution in [0.25, 0.3) is 0 Å². The number of hydrogen-bond donors (Lipinski definition) is 0. The van der Waals surface area contributed by atoms with Gasteiger partial charge in [-0.1, -0.05) is 48.5 Å². The van der Waals surface area contributed by atoms with Gasteiger partial charge in [-0.05, 0) is 139 Å². The molecule has 2 aromatic carbocycles. The van der Waals surface area contributed by atoms with Crippen molar-refractivity contribution >= 4 is 25.2 Å². The van der Waals surface area contributed by atoms with Crippen LogP contribution in [0.5, 0.6) is 0 Å². The van der Waals surface area contributed by atoms with Crippen LogP contribution in [-0.2, 0) is 29.4 Å². The molecule has 0 atom stereocenters. The van der Waals surface area contributed by atoms with E-state index in [0.29, 0.717) is 0 Å². The van der Waals surface area contributed by atoms with E-state index in [1.54, 1.807) is 0 Å². The Morgan fingerprint density at radius 2 is 0.900 bits per heavy atom. The lowest BCUT2D eigenvalue weighted by Gasteiger charge is -2.63. The summed E-state index contributed by atoms with van der Waals surface area (Å²) in [6, 6.07) is 18.5. The predicted molar refractivity (Wildman–Crippen MR) is 162 cm³/mol. The number of benzene rings is 2. The third-order valence-corrected chi connectivity index (χ3v) is 12.1. The van der Waals surface area contributed by atoms with Crippen LogP contribution in [0.4, 0.5) is 0 Å². The Morgan fingerprint density at radius 3 is 1.25 bits per heavy atom. The Kier molecular flexibility index (Phi) is 5.79. The molecular weight excluding hydrogens is 494 g/mol. The van der Waals surface area contributed by atoms with Crippen LogP contribution in [0, 0.1) is 11.8 Å². The maximum atomic E-state index is 6.46. The quantitative estimate of drug-likeness (QED) is 0.441. The molecule has 4 aliphatic carbocycles. The summed E-state index contributed by atoms with van der Waals surface area (Å²) in [5, 5.41) is 0. The molecule has 6 aliphatic rings. The molecule has 2 heterocycles. The maximum Gasteiger partial charge on any atom is 0.494 e. The third-order valence-electron chi connectivity index (χ3n) is 12.1. The molecule has 6 heteroatoms. The zero-order chi connectivity index (χ0) is 28.3. The lowest BCUT2D eigenvalue weighted by Crippen LogP contribution is -2.56. The molecule has 4 nitrogen and oxygen atoms in total. The third kappa shape index (κ3) is 4.03. The first-order valence-corrected chi connectivity index (χ1v) is 15.6. The molecule has 0 aromatic heterocycles. The van der Waals surface area contributed by atoms with Gasteiger partial charge >= 0.3 is 14.2 Å². The molecular formula is C34H46B2O4. The second-order valence-corrected chi connectivity index (χ2v) is 15.9. The summed E-state index contributed by atoms with van der Waals surface area (Å²) in [5.74, 6) is 1.56. The molecule has 0 unspecified atom stereocenters. The van der Waals surface area contributed by atoms with E-state index in [1.165, 1.54) is 49.7 Å². The van der Waals surface area contributed by atoms with Gasteiger partial charge in [0.05, 0.1) is 22.4 Å².